The lowest BCUT2D eigenvalue weighted by molar-refractivity contribution is 0.254. The van der Waals surface area contributed by atoms with Crippen LogP contribution < -0.4 is 0 Å². The summed E-state index contributed by atoms with van der Waals surface area (Å²) in [6.07, 6.45) is 0.420. The van der Waals surface area contributed by atoms with Crippen LogP contribution in [0.1, 0.15) is 5.56 Å². The molecular formula is C16H17F2NO3S. The van der Waals surface area contributed by atoms with Crippen LogP contribution in [0.4, 0.5) is 8.78 Å². The topological polar surface area (TPSA) is 57.6 Å². The fraction of sp³-hybridized carbons (Fsp3) is 0.250. The molecule has 0 spiro atoms. The molecule has 0 aromatic heterocycles. The van der Waals surface area contributed by atoms with Crippen LogP contribution in [-0.2, 0) is 16.4 Å². The van der Waals surface area contributed by atoms with Gasteiger partial charge >= 0.3 is 0 Å². The van der Waals surface area contributed by atoms with E-state index in [1.807, 2.05) is 30.3 Å². The summed E-state index contributed by atoms with van der Waals surface area (Å²) >= 11 is 0. The lowest BCUT2D eigenvalue weighted by Crippen LogP contribution is -2.35. The fourth-order valence-electron chi connectivity index (χ4n) is 2.19. The Labute approximate surface area is 134 Å². The van der Waals surface area contributed by atoms with E-state index in [1.165, 1.54) is 0 Å². The lowest BCUT2D eigenvalue weighted by Gasteiger charge is -2.21. The molecule has 0 unspecified atom stereocenters. The van der Waals surface area contributed by atoms with E-state index in [9.17, 15) is 17.2 Å². The zero-order valence-electron chi connectivity index (χ0n) is 12.3. The molecule has 23 heavy (non-hydrogen) atoms. The minimum atomic E-state index is -4.15. The second kappa shape index (κ2) is 7.63. The molecule has 0 aliphatic carbocycles. The number of nitrogens with zero attached hydrogens (tertiary/aromatic N) is 1. The molecule has 0 saturated heterocycles. The largest absolute Gasteiger partial charge is 0.395 e. The van der Waals surface area contributed by atoms with Crippen molar-refractivity contribution in [3.05, 3.63) is 65.7 Å². The summed E-state index contributed by atoms with van der Waals surface area (Å²) in [6.45, 7) is -0.466. The summed E-state index contributed by atoms with van der Waals surface area (Å²) in [6, 6.07) is 11.5. The Morgan fingerprint density at radius 2 is 1.70 bits per heavy atom. The van der Waals surface area contributed by atoms with E-state index < -0.39 is 33.2 Å². The van der Waals surface area contributed by atoms with Crippen LogP contribution in [0, 0.1) is 11.6 Å². The molecule has 0 radical (unpaired) electrons. The number of rotatable bonds is 7. The maximum atomic E-state index is 13.8. The molecule has 0 fully saturated rings. The van der Waals surface area contributed by atoms with Crippen LogP contribution in [-0.4, -0.2) is 37.5 Å². The van der Waals surface area contributed by atoms with Gasteiger partial charge in [0.15, 0.2) is 0 Å². The molecule has 0 heterocycles. The highest BCUT2D eigenvalue weighted by Crippen LogP contribution is 2.20. The van der Waals surface area contributed by atoms with Crippen molar-refractivity contribution in [1.82, 2.24) is 4.31 Å². The summed E-state index contributed by atoms with van der Waals surface area (Å²) in [7, 11) is -4.15. The van der Waals surface area contributed by atoms with E-state index in [-0.39, 0.29) is 13.1 Å². The smallest absolute Gasteiger partial charge is 0.246 e. The van der Waals surface area contributed by atoms with Crippen molar-refractivity contribution >= 4 is 10.0 Å². The number of hydrogen-bond acceptors (Lipinski definition) is 3. The number of aliphatic hydroxyl groups excluding tert-OH is 1. The van der Waals surface area contributed by atoms with Crippen LogP contribution >= 0.6 is 0 Å². The van der Waals surface area contributed by atoms with E-state index in [0.717, 1.165) is 22.0 Å². The Kier molecular flexibility index (Phi) is 5.81. The molecule has 0 amide bonds. The monoisotopic (exact) mass is 341 g/mol. The van der Waals surface area contributed by atoms with E-state index in [0.29, 0.717) is 12.5 Å². The molecule has 0 atom stereocenters. The van der Waals surface area contributed by atoms with Crippen molar-refractivity contribution in [3.63, 3.8) is 0 Å². The van der Waals surface area contributed by atoms with Crippen LogP contribution in [0.5, 0.6) is 0 Å². The molecule has 2 aromatic carbocycles. The van der Waals surface area contributed by atoms with Crippen LogP contribution in [0.25, 0.3) is 0 Å². The third-order valence-electron chi connectivity index (χ3n) is 3.35. The van der Waals surface area contributed by atoms with E-state index in [2.05, 4.69) is 0 Å². The Balaban J connectivity index is 2.24. The number of halogens is 2. The van der Waals surface area contributed by atoms with E-state index >= 15 is 0 Å². The predicted octanol–water partition coefficient (Wildman–Crippen LogP) is 2.19. The molecular weight excluding hydrogens is 324 g/mol. The minimum absolute atomic E-state index is 0.0870. The minimum Gasteiger partial charge on any atom is -0.395 e. The molecule has 7 heteroatoms. The van der Waals surface area contributed by atoms with Gasteiger partial charge in [0.25, 0.3) is 0 Å². The Bertz CT molecular complexity index is 751. The third kappa shape index (κ3) is 4.34. The highest BCUT2D eigenvalue weighted by molar-refractivity contribution is 7.89. The van der Waals surface area contributed by atoms with Crippen molar-refractivity contribution in [2.75, 3.05) is 19.7 Å². The Hall–Kier alpha value is -1.83. The standard InChI is InChI=1S/C16H17F2NO3S/c17-14-6-7-16(15(18)12-14)23(21,22)19(10-11-20)9-8-13-4-2-1-3-5-13/h1-7,12,20H,8-11H2. The number of sulfonamides is 1. The molecule has 124 valence electrons. The van der Waals surface area contributed by atoms with Gasteiger partial charge in [-0.3, -0.25) is 0 Å². The SMILES string of the molecule is O=S(=O)(c1ccc(F)cc1F)N(CCO)CCc1ccccc1. The maximum absolute atomic E-state index is 13.8. The van der Waals surface area contributed by atoms with Gasteiger partial charge in [-0.15, -0.1) is 0 Å². The quantitative estimate of drug-likeness (QED) is 0.840. The van der Waals surface area contributed by atoms with Gasteiger partial charge in [-0.05, 0) is 24.1 Å². The number of benzene rings is 2. The second-order valence-corrected chi connectivity index (χ2v) is 6.84. The molecule has 2 rings (SSSR count). The van der Waals surface area contributed by atoms with Crippen molar-refractivity contribution in [3.8, 4) is 0 Å². The first-order valence-electron chi connectivity index (χ1n) is 7.05. The second-order valence-electron chi connectivity index (χ2n) is 4.94. The molecule has 0 aliphatic heterocycles. The summed E-state index contributed by atoms with van der Waals surface area (Å²) in [5, 5.41) is 9.10. The molecule has 2 aromatic rings. The molecule has 1 N–H and O–H groups in total. The fourth-order valence-corrected chi connectivity index (χ4v) is 3.66. The normalized spacial score (nSPS) is 11.8. The summed E-state index contributed by atoms with van der Waals surface area (Å²) in [5.74, 6) is -1.99. The Morgan fingerprint density at radius 3 is 2.30 bits per heavy atom. The first kappa shape index (κ1) is 17.5. The van der Waals surface area contributed by atoms with Gasteiger partial charge in [0.2, 0.25) is 10.0 Å². The summed E-state index contributed by atoms with van der Waals surface area (Å²) < 4.78 is 52.8. The van der Waals surface area contributed by atoms with Gasteiger partial charge in [0.05, 0.1) is 6.61 Å². The van der Waals surface area contributed by atoms with Crippen molar-refractivity contribution in [2.24, 2.45) is 0 Å². The highest BCUT2D eigenvalue weighted by atomic mass is 32.2. The van der Waals surface area contributed by atoms with Crippen molar-refractivity contribution in [1.29, 1.82) is 0 Å². The van der Waals surface area contributed by atoms with Gasteiger partial charge in [-0.2, -0.15) is 4.31 Å². The highest BCUT2D eigenvalue weighted by Gasteiger charge is 2.27. The van der Waals surface area contributed by atoms with Crippen molar-refractivity contribution in [2.45, 2.75) is 11.3 Å². The average Bonchev–Trinajstić information content (AvgIpc) is 2.52. The van der Waals surface area contributed by atoms with Gasteiger partial charge in [0, 0.05) is 19.2 Å². The predicted molar refractivity (Wildman–Crippen MR) is 82.3 cm³/mol. The third-order valence-corrected chi connectivity index (χ3v) is 5.29. The molecule has 0 bridgehead atoms. The van der Waals surface area contributed by atoms with Gasteiger partial charge in [0.1, 0.15) is 16.5 Å². The van der Waals surface area contributed by atoms with E-state index in [1.54, 1.807) is 0 Å². The Morgan fingerprint density at radius 1 is 1.00 bits per heavy atom. The first-order valence-corrected chi connectivity index (χ1v) is 8.49. The maximum Gasteiger partial charge on any atom is 0.246 e. The first-order chi connectivity index (χ1) is 10.9. The van der Waals surface area contributed by atoms with Crippen molar-refractivity contribution < 1.29 is 22.3 Å². The number of hydrogen-bond donors (Lipinski definition) is 1. The van der Waals surface area contributed by atoms with Gasteiger partial charge in [-0.25, -0.2) is 17.2 Å². The molecule has 4 nitrogen and oxygen atoms in total. The summed E-state index contributed by atoms with van der Waals surface area (Å²) in [4.78, 5) is -0.597. The number of aliphatic hydroxyl groups is 1. The van der Waals surface area contributed by atoms with Gasteiger partial charge in [-0.1, -0.05) is 30.3 Å². The zero-order valence-corrected chi connectivity index (χ0v) is 13.1. The van der Waals surface area contributed by atoms with Gasteiger partial charge < -0.3 is 5.11 Å². The van der Waals surface area contributed by atoms with Crippen LogP contribution in [0.2, 0.25) is 0 Å². The zero-order chi connectivity index (χ0) is 16.9. The lowest BCUT2D eigenvalue weighted by atomic mass is 10.1. The summed E-state index contributed by atoms with van der Waals surface area (Å²) in [5.41, 5.74) is 0.921. The molecule has 0 aliphatic rings. The van der Waals surface area contributed by atoms with Crippen LogP contribution in [0.3, 0.4) is 0 Å². The van der Waals surface area contributed by atoms with E-state index in [4.69, 9.17) is 5.11 Å². The average molecular weight is 341 g/mol. The molecule has 0 saturated carbocycles. The van der Waals surface area contributed by atoms with Crippen LogP contribution in [0.15, 0.2) is 53.4 Å².